The first-order valence-electron chi connectivity index (χ1n) is 3.96. The van der Waals surface area contributed by atoms with Crippen molar-refractivity contribution in [3.05, 3.63) is 33.3 Å². The average molecular weight is 265 g/mol. The van der Waals surface area contributed by atoms with Crippen LogP contribution in [0.1, 0.15) is 18.0 Å². The molecule has 1 aromatic rings. The maximum Gasteiger partial charge on any atom is 0.0449 e. The number of hydrogen-bond acceptors (Lipinski definition) is 2. The Morgan fingerprint density at radius 3 is 2.85 bits per heavy atom. The highest BCUT2D eigenvalue weighted by Gasteiger charge is 2.09. The molecule has 1 rings (SSSR count). The zero-order valence-corrected chi connectivity index (χ0v) is 9.35. The van der Waals surface area contributed by atoms with Gasteiger partial charge >= 0.3 is 0 Å². The largest absolute Gasteiger partial charge is 0.396 e. The van der Waals surface area contributed by atoms with Gasteiger partial charge in [-0.25, -0.2) is 0 Å². The van der Waals surface area contributed by atoms with Gasteiger partial charge in [0.05, 0.1) is 0 Å². The molecular weight excluding hydrogens is 253 g/mol. The van der Waals surface area contributed by atoms with Gasteiger partial charge in [-0.15, -0.1) is 0 Å². The first-order valence-corrected chi connectivity index (χ1v) is 5.13. The summed E-state index contributed by atoms with van der Waals surface area (Å²) in [5.74, 6) is 0. The number of benzene rings is 1. The minimum Gasteiger partial charge on any atom is -0.396 e. The van der Waals surface area contributed by atoms with Crippen molar-refractivity contribution < 1.29 is 5.11 Å². The standard InChI is InChI=1S/C9H11BrClNO/c10-8-2-1-6(11)5-7(8)9(12)3-4-13/h1-2,5,9,13H,3-4,12H2. The SMILES string of the molecule is NC(CCO)c1cc(Cl)ccc1Br. The van der Waals surface area contributed by atoms with Gasteiger partial charge in [-0.05, 0) is 30.2 Å². The molecule has 1 aromatic carbocycles. The molecule has 0 saturated heterocycles. The van der Waals surface area contributed by atoms with Gasteiger partial charge in [0.25, 0.3) is 0 Å². The first kappa shape index (κ1) is 11.0. The Balaban J connectivity index is 2.91. The molecule has 4 heteroatoms. The Labute approximate surface area is 90.8 Å². The van der Waals surface area contributed by atoms with Crippen LogP contribution in [0.4, 0.5) is 0 Å². The Morgan fingerprint density at radius 1 is 1.54 bits per heavy atom. The summed E-state index contributed by atoms with van der Waals surface area (Å²) >= 11 is 9.20. The van der Waals surface area contributed by atoms with Crippen molar-refractivity contribution in [1.29, 1.82) is 0 Å². The second-order valence-electron chi connectivity index (χ2n) is 2.78. The monoisotopic (exact) mass is 263 g/mol. The molecule has 0 aliphatic rings. The van der Waals surface area contributed by atoms with E-state index in [4.69, 9.17) is 22.4 Å². The van der Waals surface area contributed by atoms with Gasteiger partial charge in [0, 0.05) is 22.1 Å². The Hall–Kier alpha value is -0.0900. The molecule has 0 bridgehead atoms. The number of hydrogen-bond donors (Lipinski definition) is 2. The molecule has 72 valence electrons. The fraction of sp³-hybridized carbons (Fsp3) is 0.333. The lowest BCUT2D eigenvalue weighted by atomic mass is 10.1. The van der Waals surface area contributed by atoms with Crippen LogP contribution in [0, 0.1) is 0 Å². The summed E-state index contributed by atoms with van der Waals surface area (Å²) in [5, 5.41) is 9.39. The Bertz CT molecular complexity index is 293. The van der Waals surface area contributed by atoms with Crippen LogP contribution in [0.2, 0.25) is 5.02 Å². The number of aliphatic hydroxyl groups is 1. The van der Waals surface area contributed by atoms with Gasteiger partial charge in [-0.1, -0.05) is 27.5 Å². The second kappa shape index (κ2) is 4.96. The summed E-state index contributed by atoms with van der Waals surface area (Å²) in [7, 11) is 0. The molecule has 1 unspecified atom stereocenters. The summed E-state index contributed by atoms with van der Waals surface area (Å²) < 4.78 is 0.929. The zero-order valence-electron chi connectivity index (χ0n) is 7.00. The van der Waals surface area contributed by atoms with E-state index in [-0.39, 0.29) is 12.6 Å². The van der Waals surface area contributed by atoms with E-state index in [2.05, 4.69) is 15.9 Å². The third kappa shape index (κ3) is 2.95. The van der Waals surface area contributed by atoms with Crippen LogP contribution in [0.25, 0.3) is 0 Å². The molecule has 0 amide bonds. The maximum atomic E-state index is 8.73. The quantitative estimate of drug-likeness (QED) is 0.881. The molecule has 0 heterocycles. The van der Waals surface area contributed by atoms with Crippen LogP contribution in [-0.2, 0) is 0 Å². The minimum atomic E-state index is -0.168. The second-order valence-corrected chi connectivity index (χ2v) is 4.08. The summed E-state index contributed by atoms with van der Waals surface area (Å²) in [6.45, 7) is 0.0835. The smallest absolute Gasteiger partial charge is 0.0449 e. The van der Waals surface area contributed by atoms with E-state index in [0.717, 1.165) is 10.0 Å². The normalized spacial score (nSPS) is 12.9. The highest BCUT2D eigenvalue weighted by molar-refractivity contribution is 9.10. The Morgan fingerprint density at radius 2 is 2.23 bits per heavy atom. The van der Waals surface area contributed by atoms with Crippen LogP contribution in [0.15, 0.2) is 22.7 Å². The van der Waals surface area contributed by atoms with Crippen molar-refractivity contribution >= 4 is 27.5 Å². The van der Waals surface area contributed by atoms with Crippen molar-refractivity contribution in [2.45, 2.75) is 12.5 Å². The highest BCUT2D eigenvalue weighted by atomic mass is 79.9. The summed E-state index contributed by atoms with van der Waals surface area (Å²) in [4.78, 5) is 0. The predicted molar refractivity (Wildman–Crippen MR) is 57.8 cm³/mol. The lowest BCUT2D eigenvalue weighted by Gasteiger charge is -2.12. The molecule has 0 radical (unpaired) electrons. The van der Waals surface area contributed by atoms with Gasteiger partial charge in [-0.3, -0.25) is 0 Å². The molecule has 1 atom stereocenters. The van der Waals surface area contributed by atoms with E-state index in [9.17, 15) is 0 Å². The molecule has 3 N–H and O–H groups in total. The molecule has 0 aliphatic carbocycles. The third-order valence-corrected chi connectivity index (χ3v) is 2.75. The molecule has 0 aromatic heterocycles. The fourth-order valence-corrected chi connectivity index (χ4v) is 1.81. The molecule has 13 heavy (non-hydrogen) atoms. The third-order valence-electron chi connectivity index (χ3n) is 1.80. The predicted octanol–water partition coefficient (Wildman–Crippen LogP) is 2.48. The molecule has 0 fully saturated rings. The fourth-order valence-electron chi connectivity index (χ4n) is 1.09. The van der Waals surface area contributed by atoms with E-state index in [1.165, 1.54) is 0 Å². The van der Waals surface area contributed by atoms with E-state index < -0.39 is 0 Å². The van der Waals surface area contributed by atoms with Crippen molar-refractivity contribution in [2.75, 3.05) is 6.61 Å². The molecule has 0 aliphatic heterocycles. The highest BCUT2D eigenvalue weighted by Crippen LogP contribution is 2.26. The Kier molecular flexibility index (Phi) is 4.19. The van der Waals surface area contributed by atoms with Crippen molar-refractivity contribution in [3.8, 4) is 0 Å². The van der Waals surface area contributed by atoms with Crippen LogP contribution in [0.5, 0.6) is 0 Å². The topological polar surface area (TPSA) is 46.2 Å². The van der Waals surface area contributed by atoms with Crippen LogP contribution < -0.4 is 5.73 Å². The number of aliphatic hydroxyl groups excluding tert-OH is 1. The van der Waals surface area contributed by atoms with E-state index in [1.807, 2.05) is 12.1 Å². The van der Waals surface area contributed by atoms with Gasteiger partial charge < -0.3 is 10.8 Å². The van der Waals surface area contributed by atoms with Crippen molar-refractivity contribution in [2.24, 2.45) is 5.73 Å². The van der Waals surface area contributed by atoms with Gasteiger partial charge in [0.1, 0.15) is 0 Å². The molecule has 2 nitrogen and oxygen atoms in total. The van der Waals surface area contributed by atoms with Crippen LogP contribution in [-0.4, -0.2) is 11.7 Å². The zero-order chi connectivity index (χ0) is 9.84. The summed E-state index contributed by atoms with van der Waals surface area (Å²) in [6.07, 6.45) is 0.541. The first-order chi connectivity index (χ1) is 6.15. The van der Waals surface area contributed by atoms with E-state index >= 15 is 0 Å². The van der Waals surface area contributed by atoms with Crippen LogP contribution >= 0.6 is 27.5 Å². The van der Waals surface area contributed by atoms with Crippen LogP contribution in [0.3, 0.4) is 0 Å². The molecule has 0 spiro atoms. The van der Waals surface area contributed by atoms with Crippen molar-refractivity contribution in [1.82, 2.24) is 0 Å². The lowest BCUT2D eigenvalue weighted by molar-refractivity contribution is 0.276. The van der Waals surface area contributed by atoms with E-state index in [1.54, 1.807) is 6.07 Å². The van der Waals surface area contributed by atoms with E-state index in [0.29, 0.717) is 11.4 Å². The lowest BCUT2D eigenvalue weighted by Crippen LogP contribution is -2.12. The summed E-state index contributed by atoms with van der Waals surface area (Å²) in [5.41, 5.74) is 6.76. The minimum absolute atomic E-state index is 0.0835. The van der Waals surface area contributed by atoms with Gasteiger partial charge in [0.2, 0.25) is 0 Å². The average Bonchev–Trinajstić information content (AvgIpc) is 2.09. The molecular formula is C9H11BrClNO. The van der Waals surface area contributed by atoms with Crippen molar-refractivity contribution in [3.63, 3.8) is 0 Å². The number of halogens is 2. The van der Waals surface area contributed by atoms with Gasteiger partial charge in [0.15, 0.2) is 0 Å². The summed E-state index contributed by atoms with van der Waals surface area (Å²) in [6, 6.07) is 5.29. The van der Waals surface area contributed by atoms with Gasteiger partial charge in [-0.2, -0.15) is 0 Å². The number of nitrogens with two attached hydrogens (primary N) is 1. The molecule has 0 saturated carbocycles. The number of rotatable bonds is 3. The maximum absolute atomic E-state index is 8.73.